The van der Waals surface area contributed by atoms with Crippen LogP contribution in [0, 0.1) is 0 Å². The van der Waals surface area contributed by atoms with E-state index < -0.39 is 10.0 Å². The smallest absolute Gasteiger partial charge is 0.246 e. The molecule has 0 amide bonds. The molecule has 2 rings (SSSR count). The predicted molar refractivity (Wildman–Crippen MR) is 79.3 cm³/mol. The Labute approximate surface area is 125 Å². The first-order chi connectivity index (χ1) is 9.23. The zero-order valence-electron chi connectivity index (χ0n) is 12.0. The van der Waals surface area contributed by atoms with Gasteiger partial charge in [-0.15, -0.1) is 0 Å². The highest BCUT2D eigenvalue weighted by Crippen LogP contribution is 2.25. The van der Waals surface area contributed by atoms with Crippen molar-refractivity contribution in [3.63, 3.8) is 0 Å². The third-order valence-electron chi connectivity index (χ3n) is 3.54. The molecule has 5 nitrogen and oxygen atoms in total. The minimum absolute atomic E-state index is 0.0573. The fourth-order valence-electron chi connectivity index (χ4n) is 2.29. The largest absolute Gasteiger partial charge is 0.296 e. The van der Waals surface area contributed by atoms with Gasteiger partial charge in [0.25, 0.3) is 0 Å². The maximum absolute atomic E-state index is 12.5. The van der Waals surface area contributed by atoms with E-state index in [-0.39, 0.29) is 15.5 Å². The molecule has 0 aromatic carbocycles. The van der Waals surface area contributed by atoms with Crippen molar-refractivity contribution in [3.8, 4) is 0 Å². The number of hydrogen-bond acceptors (Lipinski definition) is 4. The van der Waals surface area contributed by atoms with Crippen LogP contribution in [0.1, 0.15) is 20.8 Å². The van der Waals surface area contributed by atoms with E-state index in [2.05, 4.69) is 30.7 Å². The summed E-state index contributed by atoms with van der Waals surface area (Å²) in [5, 5.41) is 0.221. The van der Waals surface area contributed by atoms with Gasteiger partial charge in [-0.05, 0) is 26.8 Å². The van der Waals surface area contributed by atoms with Crippen molar-refractivity contribution >= 4 is 21.6 Å². The van der Waals surface area contributed by atoms with E-state index in [4.69, 9.17) is 11.6 Å². The summed E-state index contributed by atoms with van der Waals surface area (Å²) in [4.78, 5) is 6.23. The molecular weight excluding hydrogens is 298 g/mol. The van der Waals surface area contributed by atoms with Crippen molar-refractivity contribution in [2.45, 2.75) is 31.2 Å². The first kappa shape index (κ1) is 15.7. The molecule has 0 atom stereocenters. The van der Waals surface area contributed by atoms with Crippen molar-refractivity contribution < 1.29 is 8.42 Å². The van der Waals surface area contributed by atoms with Crippen molar-refractivity contribution in [1.29, 1.82) is 0 Å². The summed E-state index contributed by atoms with van der Waals surface area (Å²) in [5.74, 6) is 0. The number of piperazine rings is 1. The average Bonchev–Trinajstić information content (AvgIpc) is 2.38. The van der Waals surface area contributed by atoms with Crippen LogP contribution in [0.15, 0.2) is 23.4 Å². The summed E-state index contributed by atoms with van der Waals surface area (Å²) in [6, 6.07) is 1.50. The summed E-state index contributed by atoms with van der Waals surface area (Å²) in [5.41, 5.74) is 0.0573. The zero-order valence-corrected chi connectivity index (χ0v) is 13.6. The lowest BCUT2D eigenvalue weighted by atomic mass is 10.1. The third-order valence-corrected chi connectivity index (χ3v) is 5.91. The monoisotopic (exact) mass is 317 g/mol. The lowest BCUT2D eigenvalue weighted by Crippen LogP contribution is -2.54. The molecule has 0 saturated carbocycles. The maximum atomic E-state index is 12.5. The van der Waals surface area contributed by atoms with Gasteiger partial charge in [0.05, 0.1) is 5.02 Å². The van der Waals surface area contributed by atoms with Crippen LogP contribution in [0.25, 0.3) is 0 Å². The van der Waals surface area contributed by atoms with Gasteiger partial charge >= 0.3 is 0 Å². The van der Waals surface area contributed by atoms with Gasteiger partial charge in [-0.2, -0.15) is 4.31 Å². The lowest BCUT2D eigenvalue weighted by molar-refractivity contribution is 0.0922. The third kappa shape index (κ3) is 3.14. The predicted octanol–water partition coefficient (Wildman–Crippen LogP) is 1.84. The highest BCUT2D eigenvalue weighted by atomic mass is 35.5. The Balaban J connectivity index is 2.16. The number of nitrogens with zero attached hydrogens (tertiary/aromatic N) is 3. The highest BCUT2D eigenvalue weighted by molar-refractivity contribution is 7.89. The molecule has 1 aromatic heterocycles. The first-order valence-corrected chi connectivity index (χ1v) is 8.39. The minimum atomic E-state index is -3.55. The molecule has 0 N–H and O–H groups in total. The Bertz CT molecular complexity index is 576. The number of aromatic nitrogens is 1. The van der Waals surface area contributed by atoms with Crippen LogP contribution in [-0.4, -0.2) is 54.3 Å². The van der Waals surface area contributed by atoms with Crippen LogP contribution in [-0.2, 0) is 10.0 Å². The van der Waals surface area contributed by atoms with E-state index in [0.29, 0.717) is 13.1 Å². The minimum Gasteiger partial charge on any atom is -0.296 e. The molecule has 1 fully saturated rings. The molecule has 7 heteroatoms. The highest BCUT2D eigenvalue weighted by Gasteiger charge is 2.33. The lowest BCUT2D eigenvalue weighted by Gasteiger charge is -2.41. The quantitative estimate of drug-likeness (QED) is 0.835. The molecule has 1 aliphatic rings. The molecular formula is C13H20ClN3O2S. The van der Waals surface area contributed by atoms with E-state index >= 15 is 0 Å². The van der Waals surface area contributed by atoms with Crippen molar-refractivity contribution in [2.75, 3.05) is 26.2 Å². The summed E-state index contributed by atoms with van der Waals surface area (Å²) < 4.78 is 26.6. The zero-order chi connectivity index (χ0) is 15.0. The van der Waals surface area contributed by atoms with Crippen molar-refractivity contribution in [3.05, 3.63) is 23.5 Å². The molecule has 0 bridgehead atoms. The Morgan fingerprint density at radius 2 is 1.80 bits per heavy atom. The summed E-state index contributed by atoms with van der Waals surface area (Å²) >= 11 is 5.97. The molecule has 1 aromatic rings. The van der Waals surface area contributed by atoms with E-state index in [1.807, 2.05) is 0 Å². The molecule has 112 valence electrons. The Morgan fingerprint density at radius 3 is 2.30 bits per heavy atom. The normalized spacial score (nSPS) is 19.2. The van der Waals surface area contributed by atoms with Crippen molar-refractivity contribution in [2.24, 2.45) is 0 Å². The van der Waals surface area contributed by atoms with Gasteiger partial charge < -0.3 is 0 Å². The van der Waals surface area contributed by atoms with Gasteiger partial charge in [-0.3, -0.25) is 9.88 Å². The number of sulfonamides is 1. The molecule has 20 heavy (non-hydrogen) atoms. The first-order valence-electron chi connectivity index (χ1n) is 6.57. The Morgan fingerprint density at radius 1 is 1.20 bits per heavy atom. The van der Waals surface area contributed by atoms with Crippen LogP contribution in [0.3, 0.4) is 0 Å². The number of hydrogen-bond donors (Lipinski definition) is 0. The van der Waals surface area contributed by atoms with Gasteiger partial charge in [0.1, 0.15) is 4.90 Å². The fourth-order valence-corrected chi connectivity index (χ4v) is 4.12. The second-order valence-electron chi connectivity index (χ2n) is 5.87. The van der Waals surface area contributed by atoms with Gasteiger partial charge in [0, 0.05) is 44.1 Å². The molecule has 2 heterocycles. The topological polar surface area (TPSA) is 53.5 Å². The maximum Gasteiger partial charge on any atom is 0.246 e. The summed E-state index contributed by atoms with van der Waals surface area (Å²) in [6.07, 6.45) is 2.80. The van der Waals surface area contributed by atoms with Crippen LogP contribution in [0.4, 0.5) is 0 Å². The van der Waals surface area contributed by atoms with Crippen LogP contribution in [0.2, 0.25) is 5.02 Å². The van der Waals surface area contributed by atoms with E-state index in [0.717, 1.165) is 13.1 Å². The Hall–Kier alpha value is -0.690. The molecule has 0 unspecified atom stereocenters. The van der Waals surface area contributed by atoms with Crippen LogP contribution >= 0.6 is 11.6 Å². The SMILES string of the molecule is CC(C)(C)N1CCN(S(=O)(=O)c2cnccc2Cl)CC1. The molecule has 1 aliphatic heterocycles. The standard InChI is InChI=1S/C13H20ClN3O2S/c1-13(2,3)16-6-8-17(9-7-16)20(18,19)12-10-15-5-4-11(12)14/h4-5,10H,6-9H2,1-3H3. The van der Waals surface area contributed by atoms with Gasteiger partial charge in [0.15, 0.2) is 0 Å². The molecule has 0 aliphatic carbocycles. The van der Waals surface area contributed by atoms with Crippen LogP contribution in [0.5, 0.6) is 0 Å². The van der Waals surface area contributed by atoms with E-state index in [9.17, 15) is 8.42 Å². The number of pyridine rings is 1. The average molecular weight is 318 g/mol. The van der Waals surface area contributed by atoms with Gasteiger partial charge in [-0.1, -0.05) is 11.6 Å². The molecule has 0 radical (unpaired) electrons. The summed E-state index contributed by atoms with van der Waals surface area (Å²) in [7, 11) is -3.55. The second-order valence-corrected chi connectivity index (χ2v) is 8.18. The van der Waals surface area contributed by atoms with E-state index in [1.165, 1.54) is 22.8 Å². The summed E-state index contributed by atoms with van der Waals surface area (Å²) in [6.45, 7) is 8.80. The van der Waals surface area contributed by atoms with Crippen molar-refractivity contribution in [1.82, 2.24) is 14.2 Å². The van der Waals surface area contributed by atoms with Gasteiger partial charge in [-0.25, -0.2) is 8.42 Å². The number of halogens is 1. The molecule has 1 saturated heterocycles. The van der Waals surface area contributed by atoms with Gasteiger partial charge in [0.2, 0.25) is 10.0 Å². The fraction of sp³-hybridized carbons (Fsp3) is 0.615. The second kappa shape index (κ2) is 5.60. The number of rotatable bonds is 2. The Kier molecular flexibility index (Phi) is 4.39. The van der Waals surface area contributed by atoms with Crippen LogP contribution < -0.4 is 0 Å². The molecule has 0 spiro atoms. The van der Waals surface area contributed by atoms with E-state index in [1.54, 1.807) is 0 Å².